The van der Waals surface area contributed by atoms with E-state index < -0.39 is 11.7 Å². The summed E-state index contributed by atoms with van der Waals surface area (Å²) in [6.45, 7) is 0. The zero-order chi connectivity index (χ0) is 14.7. The van der Waals surface area contributed by atoms with Gasteiger partial charge in [0.2, 0.25) is 0 Å². The molecule has 0 aliphatic heterocycles. The Balaban J connectivity index is 2.26. The average Bonchev–Trinajstić information content (AvgIpc) is 2.40. The maximum absolute atomic E-state index is 13.2. The Hall–Kier alpha value is -2.58. The number of nitrogens with one attached hydrogen (secondary N) is 1. The highest BCUT2D eigenvalue weighted by Crippen LogP contribution is 2.20. The third-order valence-electron chi connectivity index (χ3n) is 2.60. The van der Waals surface area contributed by atoms with E-state index in [1.807, 2.05) is 0 Å². The van der Waals surface area contributed by atoms with E-state index in [0.29, 0.717) is 10.7 Å². The van der Waals surface area contributed by atoms with Crippen LogP contribution in [0.3, 0.4) is 0 Å². The average molecular weight is 290 g/mol. The number of rotatable bonds is 2. The van der Waals surface area contributed by atoms with Crippen molar-refractivity contribution >= 4 is 28.9 Å². The van der Waals surface area contributed by atoms with Crippen molar-refractivity contribution < 1.29 is 9.18 Å². The standard InChI is InChI=1S/C14H9ClFN3O/c15-9-1-3-11(13(18)6-9)14(20)19-10-2-4-12(16)8(5-10)7-17/h1-6H,18H2,(H,19,20). The predicted octanol–water partition coefficient (Wildman–Crippen LogP) is 3.19. The molecule has 0 radical (unpaired) electrons. The topological polar surface area (TPSA) is 78.9 Å². The molecule has 0 fully saturated rings. The van der Waals surface area contributed by atoms with Crippen molar-refractivity contribution in [1.82, 2.24) is 0 Å². The van der Waals surface area contributed by atoms with Gasteiger partial charge in [0.15, 0.2) is 0 Å². The van der Waals surface area contributed by atoms with Gasteiger partial charge in [-0.25, -0.2) is 4.39 Å². The predicted molar refractivity (Wildman–Crippen MR) is 74.9 cm³/mol. The number of amides is 1. The summed E-state index contributed by atoms with van der Waals surface area (Å²) in [6.07, 6.45) is 0. The third kappa shape index (κ3) is 2.87. The molecule has 0 heterocycles. The van der Waals surface area contributed by atoms with E-state index in [0.717, 1.165) is 6.07 Å². The van der Waals surface area contributed by atoms with Gasteiger partial charge in [-0.1, -0.05) is 11.6 Å². The largest absolute Gasteiger partial charge is 0.398 e. The lowest BCUT2D eigenvalue weighted by Gasteiger charge is -2.08. The summed E-state index contributed by atoms with van der Waals surface area (Å²) in [4.78, 5) is 12.0. The molecule has 1 amide bonds. The molecule has 100 valence electrons. The second kappa shape index (κ2) is 5.59. The van der Waals surface area contributed by atoms with Crippen LogP contribution in [0.1, 0.15) is 15.9 Å². The van der Waals surface area contributed by atoms with Crippen LogP contribution in [0, 0.1) is 17.1 Å². The zero-order valence-corrected chi connectivity index (χ0v) is 10.9. The summed E-state index contributed by atoms with van der Waals surface area (Å²) in [5.41, 5.74) is 6.34. The number of nitrogens with zero attached hydrogens (tertiary/aromatic N) is 1. The van der Waals surface area contributed by atoms with E-state index in [1.54, 1.807) is 6.07 Å². The van der Waals surface area contributed by atoms with E-state index in [1.165, 1.54) is 30.3 Å². The van der Waals surface area contributed by atoms with Crippen molar-refractivity contribution in [3.63, 3.8) is 0 Å². The molecule has 20 heavy (non-hydrogen) atoms. The molecule has 2 aromatic rings. The Morgan fingerprint density at radius 1 is 1.30 bits per heavy atom. The van der Waals surface area contributed by atoms with Crippen LogP contribution >= 0.6 is 11.6 Å². The van der Waals surface area contributed by atoms with Gasteiger partial charge in [-0.15, -0.1) is 0 Å². The van der Waals surface area contributed by atoms with Crippen molar-refractivity contribution in [2.24, 2.45) is 0 Å². The van der Waals surface area contributed by atoms with Crippen LogP contribution < -0.4 is 11.1 Å². The molecule has 0 atom stereocenters. The summed E-state index contributed by atoms with van der Waals surface area (Å²) < 4.78 is 13.2. The first-order chi connectivity index (χ1) is 9.51. The third-order valence-corrected chi connectivity index (χ3v) is 2.84. The first-order valence-corrected chi connectivity index (χ1v) is 5.95. The molecular weight excluding hydrogens is 281 g/mol. The first kappa shape index (κ1) is 13.8. The molecule has 0 saturated carbocycles. The van der Waals surface area contributed by atoms with Gasteiger partial charge in [0.1, 0.15) is 11.9 Å². The van der Waals surface area contributed by atoms with Crippen molar-refractivity contribution in [3.8, 4) is 6.07 Å². The minimum Gasteiger partial charge on any atom is -0.398 e. The molecular formula is C14H9ClFN3O. The number of anilines is 2. The highest BCUT2D eigenvalue weighted by atomic mass is 35.5. The van der Waals surface area contributed by atoms with E-state index >= 15 is 0 Å². The summed E-state index contributed by atoms with van der Waals surface area (Å²) in [5, 5.41) is 11.7. The quantitative estimate of drug-likeness (QED) is 0.833. The maximum atomic E-state index is 13.2. The molecule has 2 rings (SSSR count). The van der Waals surface area contributed by atoms with Gasteiger partial charge >= 0.3 is 0 Å². The van der Waals surface area contributed by atoms with Crippen LogP contribution in [0.2, 0.25) is 5.02 Å². The number of carbonyl (C=O) groups excluding carboxylic acids is 1. The second-order valence-corrected chi connectivity index (χ2v) is 4.43. The molecule has 0 bridgehead atoms. The van der Waals surface area contributed by atoms with Crippen LogP contribution in [0.5, 0.6) is 0 Å². The maximum Gasteiger partial charge on any atom is 0.257 e. The number of nitrogens with two attached hydrogens (primary N) is 1. The Morgan fingerprint density at radius 2 is 2.05 bits per heavy atom. The van der Waals surface area contributed by atoms with Gasteiger partial charge < -0.3 is 11.1 Å². The number of nitriles is 1. The lowest BCUT2D eigenvalue weighted by molar-refractivity contribution is 0.102. The van der Waals surface area contributed by atoms with Gasteiger partial charge in [-0.05, 0) is 36.4 Å². The Kier molecular flexibility index (Phi) is 3.87. The fourth-order valence-electron chi connectivity index (χ4n) is 1.63. The Labute approximate surface area is 119 Å². The van der Waals surface area contributed by atoms with Gasteiger partial charge in [0.05, 0.1) is 11.1 Å². The van der Waals surface area contributed by atoms with Crippen molar-refractivity contribution in [1.29, 1.82) is 5.26 Å². The number of hydrogen-bond donors (Lipinski definition) is 2. The molecule has 0 unspecified atom stereocenters. The van der Waals surface area contributed by atoms with Gasteiger partial charge in [0.25, 0.3) is 5.91 Å². The summed E-state index contributed by atoms with van der Waals surface area (Å²) in [7, 11) is 0. The van der Waals surface area contributed by atoms with Crippen LogP contribution in [0.25, 0.3) is 0 Å². The number of carbonyl (C=O) groups is 1. The SMILES string of the molecule is N#Cc1cc(NC(=O)c2ccc(Cl)cc2N)ccc1F. The number of nitrogen functional groups attached to an aromatic ring is 1. The summed E-state index contributed by atoms with van der Waals surface area (Å²) in [6, 6.07) is 9.91. The molecule has 0 spiro atoms. The smallest absolute Gasteiger partial charge is 0.257 e. The van der Waals surface area contributed by atoms with Crippen molar-refractivity contribution in [2.75, 3.05) is 11.1 Å². The van der Waals surface area contributed by atoms with E-state index in [4.69, 9.17) is 22.6 Å². The number of hydrogen-bond acceptors (Lipinski definition) is 3. The molecule has 2 aromatic carbocycles. The van der Waals surface area contributed by atoms with Gasteiger partial charge in [-0.2, -0.15) is 5.26 Å². The van der Waals surface area contributed by atoms with Crippen molar-refractivity contribution in [3.05, 3.63) is 58.4 Å². The van der Waals surface area contributed by atoms with Gasteiger partial charge in [-0.3, -0.25) is 4.79 Å². The fraction of sp³-hybridized carbons (Fsp3) is 0. The summed E-state index contributed by atoms with van der Waals surface area (Å²) in [5.74, 6) is -1.11. The molecule has 0 saturated heterocycles. The molecule has 6 heteroatoms. The first-order valence-electron chi connectivity index (χ1n) is 5.57. The van der Waals surface area contributed by atoms with Crippen LogP contribution in [-0.4, -0.2) is 5.91 Å². The fourth-order valence-corrected chi connectivity index (χ4v) is 1.81. The highest BCUT2D eigenvalue weighted by Gasteiger charge is 2.11. The monoisotopic (exact) mass is 289 g/mol. The van der Waals surface area contributed by atoms with E-state index in [9.17, 15) is 9.18 Å². The Bertz CT molecular complexity index is 725. The van der Waals surface area contributed by atoms with Gasteiger partial charge in [0, 0.05) is 16.4 Å². The Morgan fingerprint density at radius 3 is 2.70 bits per heavy atom. The molecule has 0 aromatic heterocycles. The molecule has 0 aliphatic carbocycles. The van der Waals surface area contributed by atoms with E-state index in [2.05, 4.69) is 5.32 Å². The zero-order valence-electron chi connectivity index (χ0n) is 10.2. The molecule has 4 nitrogen and oxygen atoms in total. The van der Waals surface area contributed by atoms with Crippen LogP contribution in [0.15, 0.2) is 36.4 Å². The number of halogens is 2. The lowest BCUT2D eigenvalue weighted by atomic mass is 10.1. The van der Waals surface area contributed by atoms with E-state index in [-0.39, 0.29) is 16.8 Å². The minimum atomic E-state index is -0.642. The number of benzene rings is 2. The highest BCUT2D eigenvalue weighted by molar-refractivity contribution is 6.31. The second-order valence-electron chi connectivity index (χ2n) is 3.99. The van der Waals surface area contributed by atoms with Crippen molar-refractivity contribution in [2.45, 2.75) is 0 Å². The molecule has 3 N–H and O–H groups in total. The molecule has 0 aliphatic rings. The van der Waals surface area contributed by atoms with Crippen LogP contribution in [-0.2, 0) is 0 Å². The summed E-state index contributed by atoms with van der Waals surface area (Å²) >= 11 is 5.75. The van der Waals surface area contributed by atoms with Crippen LogP contribution in [0.4, 0.5) is 15.8 Å². The lowest BCUT2D eigenvalue weighted by Crippen LogP contribution is -2.14. The minimum absolute atomic E-state index is 0.146. The normalized spacial score (nSPS) is 9.85.